The average Bonchev–Trinajstić information content (AvgIpc) is 2.60. The van der Waals surface area contributed by atoms with Crippen LogP contribution in [0.3, 0.4) is 0 Å². The molecule has 2 N–H and O–H groups in total. The Labute approximate surface area is 143 Å². The van der Waals surface area contributed by atoms with Crippen LogP contribution in [0.15, 0.2) is 36.4 Å². The molecule has 1 aliphatic heterocycles. The smallest absolute Gasteiger partial charge is 0.255 e. The Morgan fingerprint density at radius 2 is 1.88 bits per heavy atom. The molecule has 0 saturated carbocycles. The van der Waals surface area contributed by atoms with Crippen molar-refractivity contribution in [2.45, 2.75) is 38.6 Å². The zero-order valence-electron chi connectivity index (χ0n) is 14.3. The number of hydrogen-bond acceptors (Lipinski definition) is 3. The quantitative estimate of drug-likeness (QED) is 0.883. The molecule has 3 rings (SSSR count). The number of benzene rings is 2. The van der Waals surface area contributed by atoms with Gasteiger partial charge in [0.1, 0.15) is 5.75 Å². The number of nitrogens with zero attached hydrogens (tertiary/aromatic N) is 1. The van der Waals surface area contributed by atoms with Crippen LogP contribution in [-0.2, 0) is 0 Å². The highest BCUT2D eigenvalue weighted by atomic mass is 16.3. The summed E-state index contributed by atoms with van der Waals surface area (Å²) in [6.45, 7) is 5.44. The molecule has 0 aliphatic carbocycles. The highest BCUT2D eigenvalue weighted by molar-refractivity contribution is 6.01. The van der Waals surface area contributed by atoms with Crippen LogP contribution in [-0.4, -0.2) is 41.6 Å². The molecule has 0 radical (unpaired) electrons. The first-order valence-electron chi connectivity index (χ1n) is 8.92. The van der Waals surface area contributed by atoms with Crippen LogP contribution in [0.4, 0.5) is 0 Å². The monoisotopic (exact) mass is 326 g/mol. The van der Waals surface area contributed by atoms with E-state index >= 15 is 0 Å². The molecule has 0 aromatic heterocycles. The van der Waals surface area contributed by atoms with Crippen LogP contribution in [0.1, 0.15) is 43.0 Å². The standard InChI is InChI=1S/C20H26N2O2/c1-2-3-10-22-11-8-17(9-12-22)21-20(24)18-13-15-6-4-5-7-16(15)14-19(18)23/h4-7,13-14,17,23H,2-3,8-12H2,1H3,(H,21,24). The number of likely N-dealkylation sites (tertiary alicyclic amines) is 1. The van der Waals surface area contributed by atoms with E-state index in [0.29, 0.717) is 5.56 Å². The van der Waals surface area contributed by atoms with E-state index in [2.05, 4.69) is 17.1 Å². The molecule has 0 bridgehead atoms. The van der Waals surface area contributed by atoms with Crippen LogP contribution in [0.5, 0.6) is 5.75 Å². The van der Waals surface area contributed by atoms with Crippen LogP contribution in [0.25, 0.3) is 10.8 Å². The zero-order valence-corrected chi connectivity index (χ0v) is 14.3. The number of phenolic OH excluding ortho intramolecular Hbond substituents is 1. The van der Waals surface area contributed by atoms with Gasteiger partial charge in [-0.15, -0.1) is 0 Å². The molecule has 4 nitrogen and oxygen atoms in total. The summed E-state index contributed by atoms with van der Waals surface area (Å²) in [5.41, 5.74) is 0.363. The number of carbonyl (C=O) groups is 1. The highest BCUT2D eigenvalue weighted by Gasteiger charge is 2.22. The first kappa shape index (κ1) is 16.8. The van der Waals surface area contributed by atoms with Gasteiger partial charge in [-0.1, -0.05) is 37.6 Å². The van der Waals surface area contributed by atoms with Crippen LogP contribution < -0.4 is 5.32 Å². The van der Waals surface area contributed by atoms with E-state index in [1.807, 2.05) is 24.3 Å². The second kappa shape index (κ2) is 7.67. The van der Waals surface area contributed by atoms with Crippen molar-refractivity contribution in [2.24, 2.45) is 0 Å². The second-order valence-corrected chi connectivity index (χ2v) is 6.66. The molecule has 24 heavy (non-hydrogen) atoms. The Kier molecular flexibility index (Phi) is 5.36. The van der Waals surface area contributed by atoms with Gasteiger partial charge in [0.25, 0.3) is 5.91 Å². The van der Waals surface area contributed by atoms with Gasteiger partial charge in [-0.2, -0.15) is 0 Å². The Morgan fingerprint density at radius 1 is 1.21 bits per heavy atom. The van der Waals surface area contributed by atoms with E-state index in [-0.39, 0.29) is 17.7 Å². The third-order valence-electron chi connectivity index (χ3n) is 4.86. The Morgan fingerprint density at radius 3 is 2.54 bits per heavy atom. The third-order valence-corrected chi connectivity index (χ3v) is 4.86. The summed E-state index contributed by atoms with van der Waals surface area (Å²) in [7, 11) is 0. The van der Waals surface area contributed by atoms with Crippen molar-refractivity contribution in [3.05, 3.63) is 42.0 Å². The van der Waals surface area contributed by atoms with Crippen LogP contribution in [0, 0.1) is 0 Å². The Hall–Kier alpha value is -2.07. The first-order chi connectivity index (χ1) is 11.7. The van der Waals surface area contributed by atoms with Crippen molar-refractivity contribution in [2.75, 3.05) is 19.6 Å². The number of unbranched alkanes of at least 4 members (excludes halogenated alkanes) is 1. The van der Waals surface area contributed by atoms with E-state index < -0.39 is 0 Å². The molecule has 2 aromatic rings. The lowest BCUT2D eigenvalue weighted by Crippen LogP contribution is -2.44. The summed E-state index contributed by atoms with van der Waals surface area (Å²) < 4.78 is 0. The summed E-state index contributed by atoms with van der Waals surface area (Å²) in [6.07, 6.45) is 4.41. The van der Waals surface area contributed by atoms with Crippen LogP contribution >= 0.6 is 0 Å². The maximum absolute atomic E-state index is 12.5. The minimum Gasteiger partial charge on any atom is -0.507 e. The molecule has 128 valence electrons. The number of amides is 1. The van der Waals surface area contributed by atoms with Crippen molar-refractivity contribution >= 4 is 16.7 Å². The van der Waals surface area contributed by atoms with E-state index in [4.69, 9.17) is 0 Å². The fourth-order valence-corrected chi connectivity index (χ4v) is 3.36. The SMILES string of the molecule is CCCCN1CCC(NC(=O)c2cc3ccccc3cc2O)CC1. The first-order valence-corrected chi connectivity index (χ1v) is 8.92. The summed E-state index contributed by atoms with van der Waals surface area (Å²) in [4.78, 5) is 15.0. The van der Waals surface area contributed by atoms with Gasteiger partial charge in [0.05, 0.1) is 5.56 Å². The van der Waals surface area contributed by atoms with Gasteiger partial charge in [0, 0.05) is 19.1 Å². The molecule has 0 unspecified atom stereocenters. The van der Waals surface area contributed by atoms with Crippen molar-refractivity contribution in [1.82, 2.24) is 10.2 Å². The number of phenols is 1. The van der Waals surface area contributed by atoms with E-state index in [1.54, 1.807) is 12.1 Å². The largest absolute Gasteiger partial charge is 0.507 e. The number of carbonyl (C=O) groups excluding carboxylic acids is 1. The summed E-state index contributed by atoms with van der Waals surface area (Å²) in [6, 6.07) is 11.4. The number of nitrogens with one attached hydrogen (secondary N) is 1. The maximum Gasteiger partial charge on any atom is 0.255 e. The molecule has 1 heterocycles. The molecule has 1 saturated heterocycles. The molecule has 0 spiro atoms. The van der Waals surface area contributed by atoms with Crippen molar-refractivity contribution in [3.63, 3.8) is 0 Å². The molecular weight excluding hydrogens is 300 g/mol. The Balaban J connectivity index is 1.62. The van der Waals surface area contributed by atoms with Gasteiger partial charge in [0.2, 0.25) is 0 Å². The Bertz CT molecular complexity index is 706. The number of hydrogen-bond donors (Lipinski definition) is 2. The minimum atomic E-state index is -0.176. The number of aromatic hydroxyl groups is 1. The summed E-state index contributed by atoms with van der Waals surface area (Å²) in [5, 5.41) is 15.2. The third kappa shape index (κ3) is 3.88. The predicted molar refractivity (Wildman–Crippen MR) is 97.4 cm³/mol. The van der Waals surface area contributed by atoms with Crippen molar-refractivity contribution in [1.29, 1.82) is 0 Å². The van der Waals surface area contributed by atoms with Gasteiger partial charge < -0.3 is 15.3 Å². The van der Waals surface area contributed by atoms with E-state index in [9.17, 15) is 9.90 Å². The van der Waals surface area contributed by atoms with Gasteiger partial charge in [-0.05, 0) is 48.7 Å². The van der Waals surface area contributed by atoms with Gasteiger partial charge in [-0.25, -0.2) is 0 Å². The number of fused-ring (bicyclic) bond motifs is 1. The lowest BCUT2D eigenvalue weighted by molar-refractivity contribution is 0.0908. The minimum absolute atomic E-state index is 0.0478. The van der Waals surface area contributed by atoms with Crippen molar-refractivity contribution < 1.29 is 9.90 Å². The summed E-state index contributed by atoms with van der Waals surface area (Å²) in [5.74, 6) is -0.128. The van der Waals surface area contributed by atoms with E-state index in [0.717, 1.165) is 43.2 Å². The van der Waals surface area contributed by atoms with Crippen molar-refractivity contribution in [3.8, 4) is 5.75 Å². The topological polar surface area (TPSA) is 52.6 Å². The van der Waals surface area contributed by atoms with Gasteiger partial charge in [0.15, 0.2) is 0 Å². The maximum atomic E-state index is 12.5. The van der Waals surface area contributed by atoms with Gasteiger partial charge in [-0.3, -0.25) is 4.79 Å². The number of rotatable bonds is 5. The molecule has 2 aromatic carbocycles. The second-order valence-electron chi connectivity index (χ2n) is 6.66. The molecule has 1 fully saturated rings. The fraction of sp³-hybridized carbons (Fsp3) is 0.450. The fourth-order valence-electron chi connectivity index (χ4n) is 3.36. The predicted octanol–water partition coefficient (Wildman–Crippen LogP) is 3.54. The molecule has 1 amide bonds. The molecule has 0 atom stereocenters. The normalized spacial score (nSPS) is 16.4. The average molecular weight is 326 g/mol. The lowest BCUT2D eigenvalue weighted by atomic mass is 10.0. The summed E-state index contributed by atoms with van der Waals surface area (Å²) >= 11 is 0. The lowest BCUT2D eigenvalue weighted by Gasteiger charge is -2.32. The zero-order chi connectivity index (χ0) is 16.9. The van der Waals surface area contributed by atoms with E-state index in [1.165, 1.54) is 12.8 Å². The van der Waals surface area contributed by atoms with Crippen LogP contribution in [0.2, 0.25) is 0 Å². The van der Waals surface area contributed by atoms with Gasteiger partial charge >= 0.3 is 0 Å². The number of piperidine rings is 1. The molecular formula is C20H26N2O2. The molecule has 4 heteroatoms. The highest BCUT2D eigenvalue weighted by Crippen LogP contribution is 2.25. The molecule has 1 aliphatic rings.